The zero-order valence-electron chi connectivity index (χ0n) is 20.8. The van der Waals surface area contributed by atoms with Crippen molar-refractivity contribution in [3.63, 3.8) is 0 Å². The molecule has 0 radical (unpaired) electrons. The van der Waals surface area contributed by atoms with E-state index < -0.39 is 21.8 Å². The van der Waals surface area contributed by atoms with Gasteiger partial charge in [-0.3, -0.25) is 0 Å². The Bertz CT molecular complexity index is 1370. The number of pyridine rings is 2. The van der Waals surface area contributed by atoms with Crippen LogP contribution in [0.1, 0.15) is 51.9 Å². The first-order valence-electron chi connectivity index (χ1n) is 11.7. The average molecular weight is 510 g/mol. The third-order valence-electron chi connectivity index (χ3n) is 5.74. The largest absolute Gasteiger partial charge is 0.598 e. The zero-order chi connectivity index (χ0) is 26.1. The molecule has 1 unspecified atom stereocenters. The number of phenolic OH excluding ortho intramolecular Hbond substituents is 1. The highest BCUT2D eigenvalue weighted by Gasteiger charge is 2.39. The molecule has 3 aromatic heterocycles. The third-order valence-corrected chi connectivity index (χ3v) is 7.37. The topological polar surface area (TPSA) is 139 Å². The van der Waals surface area contributed by atoms with Crippen LogP contribution in [0.25, 0.3) is 28.0 Å². The molecule has 0 spiro atoms. The SMILES string of the molecule is CCC[C@](O)(N[S+]([O-])C(C)(C)C)c1cccc(-c2cc(O)c3cnn(-c4cccc(CO)n4)c3c2)n1. The minimum atomic E-state index is -1.59. The molecule has 0 aliphatic rings. The van der Waals surface area contributed by atoms with Crippen molar-refractivity contribution < 1.29 is 19.9 Å². The second-order valence-corrected chi connectivity index (χ2v) is 11.6. The number of benzene rings is 1. The van der Waals surface area contributed by atoms with Gasteiger partial charge in [0.05, 0.1) is 40.8 Å². The molecule has 0 aliphatic heterocycles. The van der Waals surface area contributed by atoms with Crippen LogP contribution in [0.2, 0.25) is 0 Å². The van der Waals surface area contributed by atoms with Gasteiger partial charge in [-0.25, -0.2) is 14.6 Å². The predicted octanol–water partition coefficient (Wildman–Crippen LogP) is 3.68. The number of nitrogens with one attached hydrogen (secondary N) is 1. The van der Waals surface area contributed by atoms with Crippen molar-refractivity contribution in [2.75, 3.05) is 0 Å². The minimum Gasteiger partial charge on any atom is -0.598 e. The van der Waals surface area contributed by atoms with Gasteiger partial charge in [0.25, 0.3) is 0 Å². The molecule has 3 heterocycles. The number of rotatable bonds is 8. The van der Waals surface area contributed by atoms with Gasteiger partial charge in [0.15, 0.2) is 11.5 Å². The second-order valence-electron chi connectivity index (χ2n) is 9.63. The van der Waals surface area contributed by atoms with Crippen molar-refractivity contribution in [2.45, 2.75) is 57.6 Å². The van der Waals surface area contributed by atoms with Gasteiger partial charge in [0.1, 0.15) is 10.5 Å². The second kappa shape index (κ2) is 10.2. The van der Waals surface area contributed by atoms with Crippen LogP contribution in [0.3, 0.4) is 0 Å². The van der Waals surface area contributed by atoms with Crippen molar-refractivity contribution in [3.05, 3.63) is 66.1 Å². The van der Waals surface area contributed by atoms with E-state index in [0.29, 0.717) is 52.2 Å². The molecule has 0 fully saturated rings. The molecule has 0 bridgehead atoms. The summed E-state index contributed by atoms with van der Waals surface area (Å²) in [5, 5.41) is 36.6. The van der Waals surface area contributed by atoms with E-state index in [0.717, 1.165) is 0 Å². The molecule has 4 N–H and O–H groups in total. The first-order chi connectivity index (χ1) is 17.1. The quantitative estimate of drug-likeness (QED) is 0.208. The molecule has 0 amide bonds. The van der Waals surface area contributed by atoms with Gasteiger partial charge in [-0.2, -0.15) is 5.10 Å². The minimum absolute atomic E-state index is 0.0232. The summed E-state index contributed by atoms with van der Waals surface area (Å²) in [6.07, 6.45) is 2.51. The van der Waals surface area contributed by atoms with E-state index in [1.807, 2.05) is 33.8 Å². The Morgan fingerprint density at radius 2 is 1.83 bits per heavy atom. The van der Waals surface area contributed by atoms with Gasteiger partial charge < -0.3 is 19.9 Å². The molecule has 10 heteroatoms. The number of aromatic nitrogens is 4. The number of phenols is 1. The van der Waals surface area contributed by atoms with Crippen LogP contribution in [0.5, 0.6) is 5.75 Å². The summed E-state index contributed by atoms with van der Waals surface area (Å²) in [5.41, 5.74) is 0.984. The van der Waals surface area contributed by atoms with Crippen LogP contribution in [-0.4, -0.2) is 44.4 Å². The highest BCUT2D eigenvalue weighted by atomic mass is 32.2. The van der Waals surface area contributed by atoms with Crippen molar-refractivity contribution in [1.82, 2.24) is 24.5 Å². The number of aromatic hydroxyl groups is 1. The number of hydrogen-bond donors (Lipinski definition) is 4. The fraction of sp³-hybridized carbons (Fsp3) is 0.346. The third kappa shape index (κ3) is 5.23. The van der Waals surface area contributed by atoms with Crippen molar-refractivity contribution in [2.24, 2.45) is 0 Å². The fourth-order valence-corrected chi connectivity index (χ4v) is 4.66. The number of hydrogen-bond acceptors (Lipinski definition) is 8. The monoisotopic (exact) mass is 509 g/mol. The fourth-order valence-electron chi connectivity index (χ4n) is 3.84. The van der Waals surface area contributed by atoms with Gasteiger partial charge >= 0.3 is 0 Å². The van der Waals surface area contributed by atoms with Crippen molar-refractivity contribution >= 4 is 22.3 Å². The molecule has 4 aromatic rings. The summed E-state index contributed by atoms with van der Waals surface area (Å²) >= 11 is -1.52. The average Bonchev–Trinajstić information content (AvgIpc) is 3.28. The molecular formula is C26H31N5O4S. The number of nitrogens with zero attached hydrogens (tertiary/aromatic N) is 4. The molecule has 36 heavy (non-hydrogen) atoms. The van der Waals surface area contributed by atoms with Gasteiger partial charge in [-0.1, -0.05) is 25.5 Å². The van der Waals surface area contributed by atoms with E-state index in [4.69, 9.17) is 4.98 Å². The van der Waals surface area contributed by atoms with E-state index in [1.54, 1.807) is 53.3 Å². The number of aliphatic hydroxyl groups is 2. The highest BCUT2D eigenvalue weighted by Crippen LogP contribution is 2.34. The summed E-state index contributed by atoms with van der Waals surface area (Å²) < 4.78 is 16.7. The van der Waals surface area contributed by atoms with Crippen LogP contribution >= 0.6 is 0 Å². The van der Waals surface area contributed by atoms with Crippen molar-refractivity contribution in [3.8, 4) is 22.8 Å². The van der Waals surface area contributed by atoms with Crippen LogP contribution < -0.4 is 4.72 Å². The van der Waals surface area contributed by atoms with Crippen LogP contribution in [0, 0.1) is 0 Å². The van der Waals surface area contributed by atoms with E-state index in [1.165, 1.54) is 0 Å². The van der Waals surface area contributed by atoms with Gasteiger partial charge in [-0.15, -0.1) is 4.72 Å². The molecule has 190 valence electrons. The first-order valence-corrected chi connectivity index (χ1v) is 12.9. The maximum atomic E-state index is 12.8. The Labute approximate surface area is 213 Å². The number of aliphatic hydroxyl groups excluding tert-OH is 1. The van der Waals surface area contributed by atoms with Crippen LogP contribution in [-0.2, 0) is 23.7 Å². The van der Waals surface area contributed by atoms with Gasteiger partial charge in [-0.05, 0) is 63.6 Å². The summed E-state index contributed by atoms with van der Waals surface area (Å²) in [6, 6.07) is 13.9. The Morgan fingerprint density at radius 1 is 1.08 bits per heavy atom. The smallest absolute Gasteiger partial charge is 0.200 e. The summed E-state index contributed by atoms with van der Waals surface area (Å²) in [7, 11) is 0. The molecule has 1 aromatic carbocycles. The summed E-state index contributed by atoms with van der Waals surface area (Å²) in [6.45, 7) is 7.23. The van der Waals surface area contributed by atoms with E-state index in [9.17, 15) is 19.9 Å². The Balaban J connectivity index is 1.78. The van der Waals surface area contributed by atoms with E-state index in [2.05, 4.69) is 14.8 Å². The lowest BCUT2D eigenvalue weighted by atomic mass is 10.0. The lowest BCUT2D eigenvalue weighted by molar-refractivity contribution is 0.0101. The summed E-state index contributed by atoms with van der Waals surface area (Å²) in [5.74, 6) is 0.524. The molecule has 0 saturated carbocycles. The Morgan fingerprint density at radius 3 is 2.53 bits per heavy atom. The van der Waals surface area contributed by atoms with Crippen LogP contribution in [0.15, 0.2) is 54.7 Å². The van der Waals surface area contributed by atoms with Crippen molar-refractivity contribution in [1.29, 1.82) is 0 Å². The molecule has 2 atom stereocenters. The first kappa shape index (κ1) is 26.1. The van der Waals surface area contributed by atoms with E-state index >= 15 is 0 Å². The molecule has 0 aliphatic carbocycles. The zero-order valence-corrected chi connectivity index (χ0v) is 21.6. The van der Waals surface area contributed by atoms with Crippen LogP contribution in [0.4, 0.5) is 0 Å². The maximum Gasteiger partial charge on any atom is 0.200 e. The molecule has 0 saturated heterocycles. The highest BCUT2D eigenvalue weighted by molar-refractivity contribution is 7.90. The molecular weight excluding hydrogens is 478 g/mol. The normalized spacial score (nSPS) is 14.6. The van der Waals surface area contributed by atoms with Gasteiger partial charge in [0.2, 0.25) is 0 Å². The van der Waals surface area contributed by atoms with Gasteiger partial charge in [0, 0.05) is 16.9 Å². The number of fused-ring (bicyclic) bond motifs is 1. The summed E-state index contributed by atoms with van der Waals surface area (Å²) in [4.78, 5) is 9.11. The molecule has 9 nitrogen and oxygen atoms in total. The lowest BCUT2D eigenvalue weighted by Gasteiger charge is -2.33. The molecule has 4 rings (SSSR count). The predicted molar refractivity (Wildman–Crippen MR) is 140 cm³/mol. The lowest BCUT2D eigenvalue weighted by Crippen LogP contribution is -2.51. The standard InChI is InChI=1S/C26H31N5O4S/c1-5-12-26(34,30-36(35)25(2,3)4)23-10-7-9-20(29-23)17-13-21-19(22(33)14-17)15-27-31(21)24-11-6-8-18(16-32)28-24/h6-11,13-15,30,32-34H,5,12,16H2,1-4H3/t26-,36?/m1/s1. The Hall–Kier alpha value is -3.02. The van der Waals surface area contributed by atoms with E-state index in [-0.39, 0.29) is 12.4 Å². The maximum absolute atomic E-state index is 12.8. The Kier molecular flexibility index (Phi) is 7.35.